The Balaban J connectivity index is 1.92. The summed E-state index contributed by atoms with van der Waals surface area (Å²) >= 11 is 0. The maximum Gasteiger partial charge on any atom is 0.243 e. The Morgan fingerprint density at radius 1 is 1.24 bits per heavy atom. The summed E-state index contributed by atoms with van der Waals surface area (Å²) < 4.78 is 26.4. The van der Waals surface area contributed by atoms with E-state index in [2.05, 4.69) is 6.08 Å². The smallest absolute Gasteiger partial charge is 0.207 e. The van der Waals surface area contributed by atoms with Gasteiger partial charge in [0.2, 0.25) is 10.0 Å². The van der Waals surface area contributed by atoms with Crippen LogP contribution in [0.2, 0.25) is 0 Å². The lowest BCUT2D eigenvalue weighted by Crippen LogP contribution is -2.15. The van der Waals surface area contributed by atoms with Crippen LogP contribution in [0.4, 0.5) is 0 Å². The Morgan fingerprint density at radius 2 is 1.94 bits per heavy atom. The standard InChI is InChI=1S/C13H15NO2S/c1-10-6-8-11(9-7-10)17(15,16)14-12-4-2-3-5-13(12)14/h2,4,6-9,12-13H,3,5H2,1H3. The Morgan fingerprint density at radius 3 is 2.53 bits per heavy atom. The summed E-state index contributed by atoms with van der Waals surface area (Å²) in [5.41, 5.74) is 1.08. The lowest BCUT2D eigenvalue weighted by Gasteiger charge is -2.06. The molecule has 1 fully saturated rings. The summed E-state index contributed by atoms with van der Waals surface area (Å²) in [7, 11) is -3.28. The topological polar surface area (TPSA) is 37.1 Å². The molecule has 1 aromatic rings. The maximum atomic E-state index is 12.4. The number of fused-ring (bicyclic) bond motifs is 1. The van der Waals surface area contributed by atoms with Crippen molar-refractivity contribution in [3.8, 4) is 0 Å². The second kappa shape index (κ2) is 3.68. The fourth-order valence-electron chi connectivity index (χ4n) is 2.46. The molecule has 17 heavy (non-hydrogen) atoms. The molecule has 1 saturated heterocycles. The number of hydrogen-bond donors (Lipinski definition) is 0. The maximum absolute atomic E-state index is 12.4. The minimum absolute atomic E-state index is 0.107. The van der Waals surface area contributed by atoms with Gasteiger partial charge in [-0.25, -0.2) is 8.42 Å². The van der Waals surface area contributed by atoms with Crippen LogP contribution in [0.5, 0.6) is 0 Å². The van der Waals surface area contributed by atoms with Crippen LogP contribution in [0.3, 0.4) is 0 Å². The van der Waals surface area contributed by atoms with Crippen LogP contribution in [0.25, 0.3) is 0 Å². The molecule has 1 aliphatic carbocycles. The van der Waals surface area contributed by atoms with Gasteiger partial charge in [-0.05, 0) is 31.9 Å². The molecule has 3 nitrogen and oxygen atoms in total. The zero-order valence-electron chi connectivity index (χ0n) is 9.70. The molecule has 3 atom stereocenters. The van der Waals surface area contributed by atoms with E-state index >= 15 is 0 Å². The van der Waals surface area contributed by atoms with E-state index in [0.29, 0.717) is 4.90 Å². The molecule has 2 aliphatic rings. The van der Waals surface area contributed by atoms with Gasteiger partial charge in [0.25, 0.3) is 0 Å². The Kier molecular flexibility index (Phi) is 2.38. The molecule has 3 unspecified atom stereocenters. The number of allylic oxidation sites excluding steroid dienone is 1. The number of nitrogens with zero attached hydrogens (tertiary/aromatic N) is 1. The lowest BCUT2D eigenvalue weighted by atomic mass is 10.1. The lowest BCUT2D eigenvalue weighted by molar-refractivity contribution is 0.546. The normalized spacial score (nSPS) is 31.0. The number of aryl methyl sites for hydroxylation is 1. The first kappa shape index (κ1) is 11.0. The van der Waals surface area contributed by atoms with Crippen LogP contribution in [-0.2, 0) is 10.0 Å². The fourth-order valence-corrected chi connectivity index (χ4v) is 4.25. The highest BCUT2D eigenvalue weighted by Crippen LogP contribution is 2.41. The van der Waals surface area contributed by atoms with Crippen molar-refractivity contribution in [2.24, 2.45) is 0 Å². The van der Waals surface area contributed by atoms with Gasteiger partial charge in [0, 0.05) is 6.04 Å². The van der Waals surface area contributed by atoms with Gasteiger partial charge in [-0.15, -0.1) is 0 Å². The Labute approximate surface area is 102 Å². The predicted molar refractivity (Wildman–Crippen MR) is 66.2 cm³/mol. The molecule has 0 bridgehead atoms. The van der Waals surface area contributed by atoms with Crippen molar-refractivity contribution in [3.05, 3.63) is 42.0 Å². The summed E-state index contributed by atoms with van der Waals surface area (Å²) in [4.78, 5) is 0.408. The van der Waals surface area contributed by atoms with Crippen LogP contribution >= 0.6 is 0 Å². The van der Waals surface area contributed by atoms with Crippen LogP contribution in [-0.4, -0.2) is 24.8 Å². The van der Waals surface area contributed by atoms with E-state index in [1.165, 1.54) is 0 Å². The van der Waals surface area contributed by atoms with E-state index < -0.39 is 10.0 Å². The van der Waals surface area contributed by atoms with Gasteiger partial charge in [0.05, 0.1) is 10.9 Å². The molecule has 0 radical (unpaired) electrons. The third kappa shape index (κ3) is 1.72. The monoisotopic (exact) mass is 249 g/mol. The highest BCUT2D eigenvalue weighted by atomic mass is 32.2. The summed E-state index contributed by atoms with van der Waals surface area (Å²) in [5.74, 6) is 0. The molecule has 1 aromatic carbocycles. The van der Waals surface area contributed by atoms with Gasteiger partial charge in [-0.2, -0.15) is 4.31 Å². The third-order valence-corrected chi connectivity index (χ3v) is 5.42. The number of hydrogen-bond acceptors (Lipinski definition) is 2. The minimum Gasteiger partial charge on any atom is -0.207 e. The molecular formula is C13H15NO2S. The van der Waals surface area contributed by atoms with Gasteiger partial charge in [0.15, 0.2) is 0 Å². The number of sulfonamides is 1. The van der Waals surface area contributed by atoms with E-state index in [-0.39, 0.29) is 12.1 Å². The van der Waals surface area contributed by atoms with Crippen LogP contribution in [0.1, 0.15) is 18.4 Å². The van der Waals surface area contributed by atoms with Gasteiger partial charge in [-0.1, -0.05) is 29.8 Å². The van der Waals surface area contributed by atoms with Crippen LogP contribution in [0.15, 0.2) is 41.3 Å². The first-order valence-electron chi connectivity index (χ1n) is 5.87. The third-order valence-electron chi connectivity index (χ3n) is 3.48. The van der Waals surface area contributed by atoms with Crippen molar-refractivity contribution in [1.29, 1.82) is 0 Å². The van der Waals surface area contributed by atoms with Gasteiger partial charge in [-0.3, -0.25) is 0 Å². The Hall–Kier alpha value is -1.13. The van der Waals surface area contributed by atoms with E-state index in [9.17, 15) is 8.42 Å². The summed E-state index contributed by atoms with van der Waals surface area (Å²) in [5, 5.41) is 0. The molecule has 90 valence electrons. The largest absolute Gasteiger partial charge is 0.243 e. The SMILES string of the molecule is Cc1ccc(S(=O)(=O)N2C3C=CCCC32)cc1. The molecule has 1 aliphatic heterocycles. The molecule has 0 aromatic heterocycles. The zero-order chi connectivity index (χ0) is 12.0. The van der Waals surface area contributed by atoms with E-state index in [0.717, 1.165) is 18.4 Å². The highest BCUT2D eigenvalue weighted by molar-refractivity contribution is 7.89. The molecule has 0 N–H and O–H groups in total. The second-order valence-corrected chi connectivity index (χ2v) is 6.55. The van der Waals surface area contributed by atoms with Crippen LogP contribution < -0.4 is 0 Å². The number of benzene rings is 1. The summed E-state index contributed by atoms with van der Waals surface area (Å²) in [6, 6.07) is 7.38. The molecule has 0 spiro atoms. The quantitative estimate of drug-likeness (QED) is 0.594. The van der Waals surface area contributed by atoms with Crippen LogP contribution in [0, 0.1) is 6.92 Å². The average molecular weight is 249 g/mol. The van der Waals surface area contributed by atoms with E-state index in [1.807, 2.05) is 25.1 Å². The van der Waals surface area contributed by atoms with Crippen molar-refractivity contribution in [3.63, 3.8) is 0 Å². The van der Waals surface area contributed by atoms with Gasteiger partial charge < -0.3 is 0 Å². The van der Waals surface area contributed by atoms with E-state index in [1.54, 1.807) is 16.4 Å². The molecule has 0 saturated carbocycles. The zero-order valence-corrected chi connectivity index (χ0v) is 10.5. The van der Waals surface area contributed by atoms with Gasteiger partial charge >= 0.3 is 0 Å². The average Bonchev–Trinajstić information content (AvgIpc) is 3.04. The van der Waals surface area contributed by atoms with Crippen molar-refractivity contribution >= 4 is 10.0 Å². The molecular weight excluding hydrogens is 234 g/mol. The first-order valence-corrected chi connectivity index (χ1v) is 7.31. The second-order valence-electron chi connectivity index (χ2n) is 4.71. The highest BCUT2D eigenvalue weighted by Gasteiger charge is 2.54. The first-order chi connectivity index (χ1) is 8.10. The molecule has 3 rings (SSSR count). The van der Waals surface area contributed by atoms with E-state index in [4.69, 9.17) is 0 Å². The molecule has 1 heterocycles. The van der Waals surface area contributed by atoms with Crippen molar-refractivity contribution in [2.45, 2.75) is 36.7 Å². The number of rotatable bonds is 2. The Bertz CT molecular complexity index is 560. The predicted octanol–water partition coefficient (Wildman–Crippen LogP) is 2.09. The summed E-state index contributed by atoms with van der Waals surface area (Å²) in [6.07, 6.45) is 6.03. The molecule has 0 amide bonds. The summed E-state index contributed by atoms with van der Waals surface area (Å²) in [6.45, 7) is 1.95. The van der Waals surface area contributed by atoms with Gasteiger partial charge in [0.1, 0.15) is 0 Å². The van der Waals surface area contributed by atoms with Crippen molar-refractivity contribution < 1.29 is 8.42 Å². The molecule has 4 heteroatoms. The minimum atomic E-state index is -3.28. The van der Waals surface area contributed by atoms with Crippen molar-refractivity contribution in [2.75, 3.05) is 0 Å². The fraction of sp³-hybridized carbons (Fsp3) is 0.385. The van der Waals surface area contributed by atoms with Crippen molar-refractivity contribution in [1.82, 2.24) is 4.31 Å².